The fraction of sp³-hybridized carbons (Fsp3) is 0.444. The van der Waals surface area contributed by atoms with Crippen LogP contribution in [-0.4, -0.2) is 34.1 Å². The summed E-state index contributed by atoms with van der Waals surface area (Å²) < 4.78 is 11.5. The number of rotatable bonds is 6. The number of benzene rings is 1. The molecular weight excluding hydrogens is 430 g/mol. The number of esters is 2. The summed E-state index contributed by atoms with van der Waals surface area (Å²) in [6.07, 6.45) is 6.33. The van der Waals surface area contributed by atoms with E-state index in [0.29, 0.717) is 34.1 Å². The maximum absolute atomic E-state index is 13.5. The second-order valence-corrected chi connectivity index (χ2v) is 9.31. The average molecular weight is 464 g/mol. The fourth-order valence-corrected chi connectivity index (χ4v) is 4.75. The summed E-state index contributed by atoms with van der Waals surface area (Å²) in [5, 5.41) is 3.21. The van der Waals surface area contributed by atoms with E-state index in [4.69, 9.17) is 9.47 Å². The molecule has 0 radical (unpaired) electrons. The molecule has 1 unspecified atom stereocenters. The van der Waals surface area contributed by atoms with E-state index in [-0.39, 0.29) is 12.2 Å². The number of hydrogen-bond donors (Lipinski definition) is 2. The van der Waals surface area contributed by atoms with Gasteiger partial charge in [-0.1, -0.05) is 36.8 Å². The number of H-pyrrole nitrogens is 1. The Balaban J connectivity index is 1.74. The van der Waals surface area contributed by atoms with Crippen LogP contribution in [0.4, 0.5) is 0 Å². The third-order valence-corrected chi connectivity index (χ3v) is 6.32. The molecule has 34 heavy (non-hydrogen) atoms. The Hall–Kier alpha value is -3.35. The third-order valence-electron chi connectivity index (χ3n) is 6.32. The first kappa shape index (κ1) is 23.8. The number of carbonyl (C=O) groups is 2. The van der Waals surface area contributed by atoms with Crippen molar-refractivity contribution in [1.29, 1.82) is 0 Å². The first-order chi connectivity index (χ1) is 16.3. The summed E-state index contributed by atoms with van der Waals surface area (Å²) in [6.45, 7) is 7.28. The van der Waals surface area contributed by atoms with E-state index in [1.54, 1.807) is 6.20 Å². The Morgan fingerprint density at radius 2 is 1.62 bits per heavy atom. The summed E-state index contributed by atoms with van der Waals surface area (Å²) in [4.78, 5) is 34.6. The molecule has 7 heteroatoms. The number of carbonyl (C=O) groups excluding carboxylic acids is 2. The van der Waals surface area contributed by atoms with E-state index in [0.717, 1.165) is 31.2 Å². The van der Waals surface area contributed by atoms with Crippen LogP contribution in [0, 0.1) is 0 Å². The predicted molar refractivity (Wildman–Crippen MR) is 129 cm³/mol. The van der Waals surface area contributed by atoms with Gasteiger partial charge in [-0.25, -0.2) is 14.6 Å². The predicted octanol–water partition coefficient (Wildman–Crippen LogP) is 5.14. The zero-order valence-corrected chi connectivity index (χ0v) is 20.3. The number of imidazole rings is 1. The van der Waals surface area contributed by atoms with Gasteiger partial charge in [0, 0.05) is 28.8 Å². The highest BCUT2D eigenvalue weighted by atomic mass is 16.5. The van der Waals surface area contributed by atoms with Crippen molar-refractivity contribution in [2.24, 2.45) is 0 Å². The van der Waals surface area contributed by atoms with Gasteiger partial charge in [0.25, 0.3) is 0 Å². The Morgan fingerprint density at radius 1 is 0.971 bits per heavy atom. The molecule has 2 N–H and O–H groups in total. The lowest BCUT2D eigenvalue weighted by molar-refractivity contribution is -0.146. The lowest BCUT2D eigenvalue weighted by atomic mass is 9.83. The molecule has 1 aliphatic carbocycles. The molecule has 1 fully saturated rings. The zero-order chi connectivity index (χ0) is 24.2. The number of ether oxygens (including phenoxy) is 2. The van der Waals surface area contributed by atoms with E-state index in [1.807, 2.05) is 58.0 Å². The van der Waals surface area contributed by atoms with Gasteiger partial charge < -0.3 is 19.8 Å². The number of nitrogens with one attached hydrogen (secondary N) is 2. The second-order valence-electron chi connectivity index (χ2n) is 9.31. The van der Waals surface area contributed by atoms with Crippen molar-refractivity contribution >= 4 is 11.9 Å². The van der Waals surface area contributed by atoms with Crippen LogP contribution < -0.4 is 5.32 Å². The Kier molecular flexibility index (Phi) is 7.20. The number of hydrogen-bond acceptors (Lipinski definition) is 6. The van der Waals surface area contributed by atoms with Crippen LogP contribution in [0.15, 0.2) is 59.1 Å². The van der Waals surface area contributed by atoms with E-state index in [2.05, 4.69) is 15.3 Å². The first-order valence-electron chi connectivity index (χ1n) is 12.1. The molecule has 7 nitrogen and oxygen atoms in total. The first-order valence-corrected chi connectivity index (χ1v) is 12.1. The van der Waals surface area contributed by atoms with Gasteiger partial charge in [0.05, 0.1) is 23.2 Å². The minimum Gasteiger partial charge on any atom is -0.460 e. The monoisotopic (exact) mass is 463 g/mol. The topological polar surface area (TPSA) is 93.3 Å². The SMILES string of the molecule is CC1=C(C(=O)OC(C)C)C(c2cnc(-c3ccccc3)[nH]2)C(C(=O)OC2CCCCC2)=C(C)N1. The normalized spacial score (nSPS) is 19.3. The van der Waals surface area contributed by atoms with Crippen LogP contribution >= 0.6 is 0 Å². The molecule has 1 aromatic carbocycles. The molecule has 1 aromatic heterocycles. The smallest absolute Gasteiger partial charge is 0.337 e. The number of aromatic amines is 1. The molecule has 1 saturated carbocycles. The van der Waals surface area contributed by atoms with Crippen molar-refractivity contribution in [3.8, 4) is 11.4 Å². The highest BCUT2D eigenvalue weighted by molar-refractivity contribution is 5.99. The van der Waals surface area contributed by atoms with Gasteiger partial charge in [0.1, 0.15) is 11.9 Å². The van der Waals surface area contributed by atoms with Crippen molar-refractivity contribution in [2.45, 2.75) is 77.9 Å². The van der Waals surface area contributed by atoms with Crippen LogP contribution in [0.5, 0.6) is 0 Å². The lowest BCUT2D eigenvalue weighted by Crippen LogP contribution is -2.34. The van der Waals surface area contributed by atoms with Crippen LogP contribution in [0.3, 0.4) is 0 Å². The molecule has 2 heterocycles. The molecule has 4 rings (SSSR count). The van der Waals surface area contributed by atoms with Crippen LogP contribution in [0.1, 0.15) is 71.4 Å². The van der Waals surface area contributed by atoms with E-state index in [1.165, 1.54) is 6.42 Å². The molecule has 2 aliphatic rings. The summed E-state index contributed by atoms with van der Waals surface area (Å²) in [5.41, 5.74) is 3.68. The molecular formula is C27H33N3O4. The molecule has 0 bridgehead atoms. The maximum Gasteiger partial charge on any atom is 0.337 e. The van der Waals surface area contributed by atoms with Crippen molar-refractivity contribution < 1.29 is 19.1 Å². The molecule has 0 spiro atoms. The molecule has 2 aromatic rings. The molecule has 180 valence electrons. The van der Waals surface area contributed by atoms with Gasteiger partial charge in [-0.2, -0.15) is 0 Å². The number of allylic oxidation sites excluding steroid dienone is 2. The summed E-state index contributed by atoms with van der Waals surface area (Å²) >= 11 is 0. The Labute approximate surface area is 200 Å². The minimum atomic E-state index is -0.673. The van der Waals surface area contributed by atoms with E-state index < -0.39 is 17.9 Å². The van der Waals surface area contributed by atoms with E-state index >= 15 is 0 Å². The van der Waals surface area contributed by atoms with Crippen molar-refractivity contribution in [3.05, 3.63) is 64.8 Å². The number of dihydropyridines is 1. The van der Waals surface area contributed by atoms with Gasteiger partial charge in [-0.15, -0.1) is 0 Å². The molecule has 0 amide bonds. The van der Waals surface area contributed by atoms with Crippen molar-refractivity contribution in [3.63, 3.8) is 0 Å². The van der Waals surface area contributed by atoms with Crippen LogP contribution in [0.25, 0.3) is 11.4 Å². The Bertz CT molecular complexity index is 1110. The number of aromatic nitrogens is 2. The molecule has 1 aliphatic heterocycles. The van der Waals surface area contributed by atoms with Gasteiger partial charge in [0.15, 0.2) is 0 Å². The highest BCUT2D eigenvalue weighted by Gasteiger charge is 2.40. The largest absolute Gasteiger partial charge is 0.460 e. The standard InChI is InChI=1S/C27H33N3O4/c1-16(2)33-26(31)22-17(3)29-18(4)23(27(32)34-20-13-9-6-10-14-20)24(22)21-15-28-25(30-21)19-11-7-5-8-12-19/h5,7-8,11-12,15-16,20,24,29H,6,9-10,13-14H2,1-4H3,(H,28,30). The van der Waals surface area contributed by atoms with Gasteiger partial charge in [0.2, 0.25) is 0 Å². The maximum atomic E-state index is 13.5. The second kappa shape index (κ2) is 10.3. The average Bonchev–Trinajstić information content (AvgIpc) is 3.29. The summed E-state index contributed by atoms with van der Waals surface area (Å²) in [6, 6.07) is 9.74. The van der Waals surface area contributed by atoms with E-state index in [9.17, 15) is 9.59 Å². The van der Waals surface area contributed by atoms with Crippen molar-refractivity contribution in [2.75, 3.05) is 0 Å². The van der Waals surface area contributed by atoms with Crippen LogP contribution in [0.2, 0.25) is 0 Å². The fourth-order valence-electron chi connectivity index (χ4n) is 4.75. The third kappa shape index (κ3) is 5.08. The summed E-state index contributed by atoms with van der Waals surface area (Å²) in [5.74, 6) is -0.869. The van der Waals surface area contributed by atoms with Crippen LogP contribution in [-0.2, 0) is 19.1 Å². The Morgan fingerprint density at radius 3 is 2.26 bits per heavy atom. The zero-order valence-electron chi connectivity index (χ0n) is 20.3. The quantitative estimate of drug-likeness (QED) is 0.576. The van der Waals surface area contributed by atoms with Gasteiger partial charge in [-0.05, 0) is 53.4 Å². The van der Waals surface area contributed by atoms with Gasteiger partial charge >= 0.3 is 11.9 Å². The lowest BCUT2D eigenvalue weighted by Gasteiger charge is -2.31. The minimum absolute atomic E-state index is 0.0954. The molecule has 1 atom stereocenters. The van der Waals surface area contributed by atoms with Crippen molar-refractivity contribution in [1.82, 2.24) is 15.3 Å². The molecule has 0 saturated heterocycles. The van der Waals surface area contributed by atoms with Gasteiger partial charge in [-0.3, -0.25) is 0 Å². The number of nitrogens with zero attached hydrogens (tertiary/aromatic N) is 1. The highest BCUT2D eigenvalue weighted by Crippen LogP contribution is 2.40. The summed E-state index contributed by atoms with van der Waals surface area (Å²) in [7, 11) is 0.